The first-order valence-corrected chi connectivity index (χ1v) is 6.46. The second kappa shape index (κ2) is 5.55. The van der Waals surface area contributed by atoms with Crippen molar-refractivity contribution in [3.8, 4) is 0 Å². The number of nitrogens with one attached hydrogen (secondary N) is 1. The van der Waals surface area contributed by atoms with Crippen LogP contribution in [0.1, 0.15) is 37.4 Å². The molecule has 102 valence electrons. The van der Waals surface area contributed by atoms with Gasteiger partial charge in [-0.05, 0) is 39.7 Å². The molecule has 1 aromatic rings. The molecule has 1 N–H and O–H groups in total. The molecule has 3 heterocycles. The fourth-order valence-electron chi connectivity index (χ4n) is 3.13. The van der Waals surface area contributed by atoms with Crippen molar-refractivity contribution in [2.75, 3.05) is 7.05 Å². The molecule has 0 aliphatic carbocycles. The number of aryl methyl sites for hydroxylation is 1. The zero-order valence-electron chi connectivity index (χ0n) is 10.9. The van der Waals surface area contributed by atoms with E-state index in [1.807, 2.05) is 6.92 Å². The Hall–Kier alpha value is -0.650. The summed E-state index contributed by atoms with van der Waals surface area (Å²) in [5.41, 5.74) is 0. The number of rotatable bonds is 3. The van der Waals surface area contributed by atoms with Gasteiger partial charge in [0, 0.05) is 18.1 Å². The predicted octanol–water partition coefficient (Wildman–Crippen LogP) is 1.51. The molecular formula is C12H21ClN4O. The van der Waals surface area contributed by atoms with Crippen LogP contribution >= 0.6 is 12.4 Å². The highest BCUT2D eigenvalue weighted by Gasteiger charge is 2.35. The maximum absolute atomic E-state index is 5.18. The minimum Gasteiger partial charge on any atom is -0.338 e. The number of hydrogen-bond donors (Lipinski definition) is 1. The first-order valence-electron chi connectivity index (χ1n) is 6.46. The van der Waals surface area contributed by atoms with E-state index in [0.29, 0.717) is 6.04 Å². The molecule has 2 bridgehead atoms. The lowest BCUT2D eigenvalue weighted by Gasteiger charge is -2.34. The summed E-state index contributed by atoms with van der Waals surface area (Å²) in [5.74, 6) is 1.45. The molecule has 2 aliphatic heterocycles. The van der Waals surface area contributed by atoms with E-state index in [-0.39, 0.29) is 12.4 Å². The third-order valence-corrected chi connectivity index (χ3v) is 4.03. The molecular weight excluding hydrogens is 252 g/mol. The molecule has 2 aliphatic rings. The zero-order valence-corrected chi connectivity index (χ0v) is 11.7. The highest BCUT2D eigenvalue weighted by molar-refractivity contribution is 5.85. The van der Waals surface area contributed by atoms with Gasteiger partial charge < -0.3 is 9.84 Å². The molecule has 2 saturated heterocycles. The number of piperidine rings is 1. The molecule has 0 saturated carbocycles. The second-order valence-corrected chi connectivity index (χ2v) is 5.41. The topological polar surface area (TPSA) is 54.2 Å². The van der Waals surface area contributed by atoms with Crippen molar-refractivity contribution in [1.29, 1.82) is 0 Å². The van der Waals surface area contributed by atoms with E-state index in [2.05, 4.69) is 27.4 Å². The van der Waals surface area contributed by atoms with Crippen LogP contribution < -0.4 is 5.32 Å². The third-order valence-electron chi connectivity index (χ3n) is 4.03. The fourth-order valence-corrected chi connectivity index (χ4v) is 3.13. The molecule has 6 heteroatoms. The Morgan fingerprint density at radius 2 is 2.00 bits per heavy atom. The van der Waals surface area contributed by atoms with Gasteiger partial charge in [-0.15, -0.1) is 12.4 Å². The van der Waals surface area contributed by atoms with E-state index >= 15 is 0 Å². The van der Waals surface area contributed by atoms with Gasteiger partial charge in [0.15, 0.2) is 5.82 Å². The molecule has 0 spiro atoms. The summed E-state index contributed by atoms with van der Waals surface area (Å²) in [4.78, 5) is 6.62. The van der Waals surface area contributed by atoms with E-state index in [1.165, 1.54) is 25.7 Å². The van der Waals surface area contributed by atoms with Gasteiger partial charge in [0.25, 0.3) is 0 Å². The maximum Gasteiger partial charge on any atom is 0.240 e. The van der Waals surface area contributed by atoms with Crippen molar-refractivity contribution >= 4 is 12.4 Å². The molecule has 1 aromatic heterocycles. The summed E-state index contributed by atoms with van der Waals surface area (Å²) < 4.78 is 5.18. The summed E-state index contributed by atoms with van der Waals surface area (Å²) in [6.45, 7) is 2.63. The van der Waals surface area contributed by atoms with E-state index in [1.54, 1.807) is 0 Å². The van der Waals surface area contributed by atoms with Crippen LogP contribution in [-0.2, 0) is 6.54 Å². The fraction of sp³-hybridized carbons (Fsp3) is 0.833. The van der Waals surface area contributed by atoms with Gasteiger partial charge in [-0.2, -0.15) is 4.98 Å². The van der Waals surface area contributed by atoms with E-state index in [9.17, 15) is 0 Å². The standard InChI is InChI=1S/C12H20N4O.ClH/c1-8-13-12(17-15-8)7-16(2)11-5-9-3-4-10(6-11)14-9;/h9-11,14H,3-7H2,1-2H3;1H. The average Bonchev–Trinajstić information content (AvgIpc) is 2.85. The number of halogens is 1. The van der Waals surface area contributed by atoms with Crippen LogP contribution in [0.2, 0.25) is 0 Å². The Balaban J connectivity index is 0.00000120. The zero-order chi connectivity index (χ0) is 11.8. The number of nitrogens with zero attached hydrogens (tertiary/aromatic N) is 3. The molecule has 2 atom stereocenters. The third kappa shape index (κ3) is 2.84. The monoisotopic (exact) mass is 272 g/mol. The van der Waals surface area contributed by atoms with Gasteiger partial charge in [0.1, 0.15) is 0 Å². The number of fused-ring (bicyclic) bond motifs is 2. The SMILES string of the molecule is Cc1noc(CN(C)C2CC3CCC(C2)N3)n1.Cl. The molecule has 5 nitrogen and oxygen atoms in total. The largest absolute Gasteiger partial charge is 0.338 e. The maximum atomic E-state index is 5.18. The predicted molar refractivity (Wildman–Crippen MR) is 70.7 cm³/mol. The van der Waals surface area contributed by atoms with Crippen LogP contribution in [0.3, 0.4) is 0 Å². The van der Waals surface area contributed by atoms with Crippen molar-refractivity contribution in [3.05, 3.63) is 11.7 Å². The lowest BCUT2D eigenvalue weighted by atomic mass is 9.98. The van der Waals surface area contributed by atoms with E-state index < -0.39 is 0 Å². The Morgan fingerprint density at radius 3 is 2.56 bits per heavy atom. The summed E-state index contributed by atoms with van der Waals surface area (Å²) >= 11 is 0. The second-order valence-electron chi connectivity index (χ2n) is 5.41. The van der Waals surface area contributed by atoms with E-state index in [0.717, 1.165) is 30.3 Å². The normalized spacial score (nSPS) is 30.5. The van der Waals surface area contributed by atoms with Gasteiger partial charge in [0.2, 0.25) is 5.89 Å². The Kier molecular flexibility index (Phi) is 4.25. The minimum absolute atomic E-state index is 0. The minimum atomic E-state index is 0. The lowest BCUT2D eigenvalue weighted by molar-refractivity contribution is 0.150. The first-order chi connectivity index (χ1) is 8.20. The van der Waals surface area contributed by atoms with Gasteiger partial charge in [-0.3, -0.25) is 4.90 Å². The van der Waals surface area contributed by atoms with Crippen molar-refractivity contribution < 1.29 is 4.52 Å². The van der Waals surface area contributed by atoms with Crippen molar-refractivity contribution in [2.45, 2.75) is 57.3 Å². The Bertz CT molecular complexity index is 385. The van der Waals surface area contributed by atoms with Gasteiger partial charge in [-0.1, -0.05) is 5.16 Å². The molecule has 3 rings (SSSR count). The van der Waals surface area contributed by atoms with Crippen LogP contribution in [0.25, 0.3) is 0 Å². The van der Waals surface area contributed by atoms with Crippen molar-refractivity contribution in [2.24, 2.45) is 0 Å². The van der Waals surface area contributed by atoms with Crippen molar-refractivity contribution in [1.82, 2.24) is 20.4 Å². The first kappa shape index (κ1) is 13.8. The van der Waals surface area contributed by atoms with Crippen LogP contribution in [-0.4, -0.2) is 40.2 Å². The Morgan fingerprint density at radius 1 is 1.33 bits per heavy atom. The molecule has 0 aromatic carbocycles. The summed E-state index contributed by atoms with van der Waals surface area (Å²) in [6.07, 6.45) is 5.18. The van der Waals surface area contributed by atoms with E-state index in [4.69, 9.17) is 4.52 Å². The molecule has 0 radical (unpaired) electrons. The Labute approximate surface area is 114 Å². The highest BCUT2D eigenvalue weighted by Crippen LogP contribution is 2.29. The molecule has 2 unspecified atom stereocenters. The van der Waals surface area contributed by atoms with Gasteiger partial charge in [-0.25, -0.2) is 0 Å². The van der Waals surface area contributed by atoms with Gasteiger partial charge in [0.05, 0.1) is 6.54 Å². The van der Waals surface area contributed by atoms with Crippen LogP contribution in [0.5, 0.6) is 0 Å². The highest BCUT2D eigenvalue weighted by atomic mass is 35.5. The molecule has 2 fully saturated rings. The smallest absolute Gasteiger partial charge is 0.240 e. The summed E-state index contributed by atoms with van der Waals surface area (Å²) in [6, 6.07) is 2.11. The quantitative estimate of drug-likeness (QED) is 0.904. The van der Waals surface area contributed by atoms with Gasteiger partial charge >= 0.3 is 0 Å². The lowest BCUT2D eigenvalue weighted by Crippen LogP contribution is -2.46. The van der Waals surface area contributed by atoms with Crippen LogP contribution in [0.15, 0.2) is 4.52 Å². The summed E-state index contributed by atoms with van der Waals surface area (Å²) in [7, 11) is 2.16. The number of hydrogen-bond acceptors (Lipinski definition) is 5. The summed E-state index contributed by atoms with van der Waals surface area (Å²) in [5, 5.41) is 7.50. The van der Waals surface area contributed by atoms with Crippen molar-refractivity contribution in [3.63, 3.8) is 0 Å². The number of aromatic nitrogens is 2. The average molecular weight is 273 g/mol. The van der Waals surface area contributed by atoms with Crippen LogP contribution in [0, 0.1) is 6.92 Å². The molecule has 18 heavy (non-hydrogen) atoms. The van der Waals surface area contributed by atoms with Crippen LogP contribution in [0.4, 0.5) is 0 Å². The molecule has 0 amide bonds.